The second-order valence-electron chi connectivity index (χ2n) is 8.87. The quantitative estimate of drug-likeness (QED) is 0.329. The molecule has 2 atom stereocenters. The van der Waals surface area contributed by atoms with E-state index in [4.69, 9.17) is 19.1 Å². The van der Waals surface area contributed by atoms with Crippen molar-refractivity contribution in [1.82, 2.24) is 35.8 Å². The number of carbonyl (C=O) groups is 2. The zero-order valence-electron chi connectivity index (χ0n) is 20.6. The third kappa shape index (κ3) is 8.78. The minimum absolute atomic E-state index is 0.0286. The van der Waals surface area contributed by atoms with Crippen molar-refractivity contribution in [3.8, 4) is 23.0 Å². The van der Waals surface area contributed by atoms with Crippen LogP contribution in [0.2, 0.25) is 0 Å². The van der Waals surface area contributed by atoms with Crippen LogP contribution in [0.15, 0.2) is 35.0 Å². The van der Waals surface area contributed by atoms with E-state index in [9.17, 15) is 31.1 Å². The SMILES string of the molecule is O=C(N[C@H]1CN[C@H](Cn2ccnn2)C1)c1nnc(-c2cc(OC(F)(F)F)ccc2OC2CC2)o1.O=C(O)C(F)(F)F. The van der Waals surface area contributed by atoms with Crippen LogP contribution in [0, 0.1) is 0 Å². The maximum atomic E-state index is 12.7. The van der Waals surface area contributed by atoms with Gasteiger partial charge in [0.25, 0.3) is 5.89 Å². The van der Waals surface area contributed by atoms with Gasteiger partial charge >= 0.3 is 30.3 Å². The predicted molar refractivity (Wildman–Crippen MR) is 121 cm³/mol. The first-order valence-corrected chi connectivity index (χ1v) is 11.9. The summed E-state index contributed by atoms with van der Waals surface area (Å²) in [5.74, 6) is -4.00. The van der Waals surface area contributed by atoms with Crippen molar-refractivity contribution in [3.63, 3.8) is 0 Å². The molecule has 19 heteroatoms. The normalized spacial score (nSPS) is 18.8. The number of ether oxygens (including phenoxy) is 2. The highest BCUT2D eigenvalue weighted by Crippen LogP contribution is 2.38. The second kappa shape index (κ2) is 12.0. The number of aliphatic carboxylic acids is 1. The van der Waals surface area contributed by atoms with Gasteiger partial charge in [0.2, 0.25) is 0 Å². The summed E-state index contributed by atoms with van der Waals surface area (Å²) >= 11 is 0. The first kappa shape index (κ1) is 29.6. The van der Waals surface area contributed by atoms with Crippen LogP contribution in [0.1, 0.15) is 29.9 Å². The number of nitrogens with zero attached hydrogens (tertiary/aromatic N) is 5. The second-order valence-corrected chi connectivity index (χ2v) is 8.87. The summed E-state index contributed by atoms with van der Waals surface area (Å²) in [4.78, 5) is 21.5. The summed E-state index contributed by atoms with van der Waals surface area (Å²) in [6.45, 7) is 1.15. The minimum Gasteiger partial charge on any atom is -0.490 e. The van der Waals surface area contributed by atoms with Crippen LogP contribution in [-0.2, 0) is 11.3 Å². The molecule has 1 amide bonds. The number of carboxylic acid groups (broad SMARTS) is 1. The van der Waals surface area contributed by atoms with E-state index in [2.05, 4.69) is 35.9 Å². The molecule has 0 bridgehead atoms. The number of aromatic nitrogens is 5. The lowest BCUT2D eigenvalue weighted by Crippen LogP contribution is -2.36. The van der Waals surface area contributed by atoms with Crippen LogP contribution in [0.25, 0.3) is 11.5 Å². The van der Waals surface area contributed by atoms with Crippen LogP contribution in [0.3, 0.4) is 0 Å². The third-order valence-electron chi connectivity index (χ3n) is 5.53. The van der Waals surface area contributed by atoms with Gasteiger partial charge in [-0.25, -0.2) is 4.79 Å². The molecule has 3 heterocycles. The Bertz CT molecular complexity index is 1340. The molecule has 5 rings (SSSR count). The molecule has 3 N–H and O–H groups in total. The summed E-state index contributed by atoms with van der Waals surface area (Å²) in [5.41, 5.74) is 0.107. The standard InChI is InChI=1S/C20H20F3N7O4.C2HF3O2/c21-20(22,23)34-14-3-4-16(32-13-1-2-13)15(8-14)18-27-28-19(33-18)17(31)26-11-7-12(24-9-11)10-30-6-5-25-29-30;3-2(4,5)1(6)7/h3-6,8,11-13,24H,1-2,7,9-10H2,(H,26,31);(H,6,7)/t11-,12+;/m1./s1. The molecular formula is C22H21F6N7O6. The number of rotatable bonds is 8. The Morgan fingerprint density at radius 3 is 2.51 bits per heavy atom. The summed E-state index contributed by atoms with van der Waals surface area (Å²) in [6.07, 6.45) is -4.30. The fourth-order valence-electron chi connectivity index (χ4n) is 3.64. The van der Waals surface area contributed by atoms with Gasteiger partial charge in [-0.3, -0.25) is 9.48 Å². The Morgan fingerprint density at radius 2 is 1.90 bits per heavy atom. The van der Waals surface area contributed by atoms with Crippen molar-refractivity contribution < 1.29 is 54.9 Å². The van der Waals surface area contributed by atoms with Crippen molar-refractivity contribution in [2.75, 3.05) is 6.54 Å². The molecule has 0 spiro atoms. The Kier molecular flexibility index (Phi) is 8.64. The van der Waals surface area contributed by atoms with Gasteiger partial charge in [-0.15, -0.1) is 28.5 Å². The van der Waals surface area contributed by atoms with E-state index in [1.165, 1.54) is 6.07 Å². The first-order valence-electron chi connectivity index (χ1n) is 11.9. The molecule has 1 saturated heterocycles. The summed E-state index contributed by atoms with van der Waals surface area (Å²) in [5, 5.41) is 28.5. The van der Waals surface area contributed by atoms with Gasteiger partial charge in [-0.05, 0) is 37.5 Å². The number of hydrogen-bond acceptors (Lipinski definition) is 10. The summed E-state index contributed by atoms with van der Waals surface area (Å²) in [6, 6.07) is 3.51. The molecule has 1 saturated carbocycles. The van der Waals surface area contributed by atoms with Crippen LogP contribution < -0.4 is 20.1 Å². The molecule has 0 radical (unpaired) electrons. The van der Waals surface area contributed by atoms with E-state index in [0.29, 0.717) is 19.5 Å². The van der Waals surface area contributed by atoms with Gasteiger partial charge in [0.05, 0.1) is 24.4 Å². The number of benzene rings is 1. The average molecular weight is 593 g/mol. The van der Waals surface area contributed by atoms with Gasteiger partial charge in [0.1, 0.15) is 11.5 Å². The summed E-state index contributed by atoms with van der Waals surface area (Å²) < 4.78 is 86.6. The van der Waals surface area contributed by atoms with E-state index < -0.39 is 30.2 Å². The average Bonchev–Trinajstić information content (AvgIpc) is 3.26. The van der Waals surface area contributed by atoms with Crippen LogP contribution in [0.5, 0.6) is 11.5 Å². The van der Waals surface area contributed by atoms with Crippen molar-refractivity contribution in [2.24, 2.45) is 0 Å². The molecular weight excluding hydrogens is 572 g/mol. The number of halogens is 6. The molecule has 2 fully saturated rings. The largest absolute Gasteiger partial charge is 0.573 e. The van der Waals surface area contributed by atoms with Gasteiger partial charge < -0.3 is 29.6 Å². The van der Waals surface area contributed by atoms with Crippen molar-refractivity contribution in [2.45, 2.75) is 56.5 Å². The van der Waals surface area contributed by atoms with Gasteiger partial charge in [-0.2, -0.15) is 13.2 Å². The smallest absolute Gasteiger partial charge is 0.490 e. The Hall–Kier alpha value is -4.42. The van der Waals surface area contributed by atoms with E-state index >= 15 is 0 Å². The maximum Gasteiger partial charge on any atom is 0.573 e. The first-order chi connectivity index (χ1) is 19.3. The number of carbonyl (C=O) groups excluding carboxylic acids is 1. The van der Waals surface area contributed by atoms with Crippen LogP contribution >= 0.6 is 0 Å². The van der Waals surface area contributed by atoms with Gasteiger partial charge in [0, 0.05) is 24.8 Å². The Labute approximate surface area is 225 Å². The van der Waals surface area contributed by atoms with E-state index in [1.807, 2.05) is 0 Å². The predicted octanol–water partition coefficient (Wildman–Crippen LogP) is 2.56. The van der Waals surface area contributed by atoms with E-state index in [1.54, 1.807) is 17.1 Å². The highest BCUT2D eigenvalue weighted by Gasteiger charge is 2.38. The number of amides is 1. The molecule has 222 valence electrons. The molecule has 41 heavy (non-hydrogen) atoms. The molecule has 2 aromatic heterocycles. The number of alkyl halides is 6. The van der Waals surface area contributed by atoms with Crippen LogP contribution in [-0.4, -0.2) is 79.4 Å². The number of hydrogen-bond donors (Lipinski definition) is 3. The van der Waals surface area contributed by atoms with Gasteiger partial charge in [-0.1, -0.05) is 5.21 Å². The zero-order valence-corrected chi connectivity index (χ0v) is 20.6. The van der Waals surface area contributed by atoms with Crippen molar-refractivity contribution in [1.29, 1.82) is 0 Å². The lowest BCUT2D eigenvalue weighted by Gasteiger charge is -2.13. The lowest BCUT2D eigenvalue weighted by atomic mass is 10.1. The molecule has 1 aliphatic carbocycles. The monoisotopic (exact) mass is 593 g/mol. The van der Waals surface area contributed by atoms with Crippen molar-refractivity contribution >= 4 is 11.9 Å². The molecule has 1 aromatic carbocycles. The van der Waals surface area contributed by atoms with Crippen LogP contribution in [0.4, 0.5) is 26.3 Å². The highest BCUT2D eigenvalue weighted by atomic mass is 19.4. The third-order valence-corrected chi connectivity index (χ3v) is 5.53. The molecule has 2 aliphatic rings. The topological polar surface area (TPSA) is 167 Å². The van der Waals surface area contributed by atoms with E-state index in [-0.39, 0.29) is 41.3 Å². The molecule has 13 nitrogen and oxygen atoms in total. The maximum absolute atomic E-state index is 12.7. The Morgan fingerprint density at radius 1 is 1.17 bits per heavy atom. The fraction of sp³-hybridized carbons (Fsp3) is 0.455. The lowest BCUT2D eigenvalue weighted by molar-refractivity contribution is -0.274. The zero-order chi connectivity index (χ0) is 29.8. The molecule has 0 unspecified atom stereocenters. The fourth-order valence-corrected chi connectivity index (χ4v) is 3.64. The highest BCUT2D eigenvalue weighted by molar-refractivity contribution is 5.90. The number of nitrogens with one attached hydrogen (secondary N) is 2. The van der Waals surface area contributed by atoms with Crippen molar-refractivity contribution in [3.05, 3.63) is 36.5 Å². The molecule has 1 aliphatic heterocycles. The van der Waals surface area contributed by atoms with Gasteiger partial charge in [0.15, 0.2) is 0 Å². The molecule has 3 aromatic rings. The summed E-state index contributed by atoms with van der Waals surface area (Å²) in [7, 11) is 0. The minimum atomic E-state index is -5.08. The van der Waals surface area contributed by atoms with E-state index in [0.717, 1.165) is 25.0 Å². The number of carboxylic acids is 1. The Balaban J connectivity index is 0.000000493.